The molecule has 3 nitrogen and oxygen atoms in total. The molecule has 3 rings (SSSR count). The number of hydrogen-bond donors (Lipinski definition) is 1. The third kappa shape index (κ3) is 1.99. The summed E-state index contributed by atoms with van der Waals surface area (Å²) in [7, 11) is 2.05. The van der Waals surface area contributed by atoms with Gasteiger partial charge in [-0.25, -0.2) is 4.39 Å². The minimum absolute atomic E-state index is 0.278. The number of halogens is 1. The summed E-state index contributed by atoms with van der Waals surface area (Å²) in [6.45, 7) is 1.62. The van der Waals surface area contributed by atoms with E-state index >= 15 is 0 Å². The average molecular weight is 257 g/mol. The smallest absolute Gasteiger partial charge is 0.148 e. The Bertz CT molecular complexity index is 612. The van der Waals surface area contributed by atoms with E-state index < -0.39 is 0 Å². The number of nitrogen functional groups attached to an aromatic ring is 1. The number of likely N-dealkylation sites (N-methyl/N-ethyl adjacent to an activating group) is 1. The molecule has 1 aliphatic heterocycles. The first-order valence-corrected chi connectivity index (χ1v) is 6.29. The van der Waals surface area contributed by atoms with Gasteiger partial charge in [-0.05, 0) is 30.3 Å². The Morgan fingerprint density at radius 2 is 1.74 bits per heavy atom. The van der Waals surface area contributed by atoms with Gasteiger partial charge < -0.3 is 15.5 Å². The topological polar surface area (TPSA) is 32.5 Å². The van der Waals surface area contributed by atoms with Gasteiger partial charge in [-0.2, -0.15) is 0 Å². The van der Waals surface area contributed by atoms with Gasteiger partial charge >= 0.3 is 0 Å². The van der Waals surface area contributed by atoms with Gasteiger partial charge in [0.1, 0.15) is 5.82 Å². The molecular weight excluding hydrogens is 241 g/mol. The normalized spacial score (nSPS) is 14.4. The molecule has 2 N–H and O–H groups in total. The standard InChI is InChI=1S/C15H16FN3/c1-18-8-9-19(15-5-3-2-4-14(15)18)13-7-6-11(17)10-12(13)16/h2-7,10H,8-9,17H2,1H3. The zero-order chi connectivity index (χ0) is 13.4. The van der Waals surface area contributed by atoms with Crippen molar-refractivity contribution in [2.75, 3.05) is 35.7 Å². The zero-order valence-electron chi connectivity index (χ0n) is 10.8. The molecule has 2 aromatic carbocycles. The summed E-state index contributed by atoms with van der Waals surface area (Å²) in [6, 6.07) is 12.9. The van der Waals surface area contributed by atoms with Crippen molar-refractivity contribution in [2.45, 2.75) is 0 Å². The van der Waals surface area contributed by atoms with Crippen LogP contribution in [0.15, 0.2) is 42.5 Å². The first kappa shape index (κ1) is 11.8. The highest BCUT2D eigenvalue weighted by molar-refractivity contribution is 5.79. The van der Waals surface area contributed by atoms with E-state index in [4.69, 9.17) is 5.73 Å². The van der Waals surface area contributed by atoms with E-state index in [1.807, 2.05) is 23.1 Å². The molecule has 0 saturated heterocycles. The Kier molecular flexibility index (Phi) is 2.78. The quantitative estimate of drug-likeness (QED) is 0.797. The van der Waals surface area contributed by atoms with Gasteiger partial charge in [0.05, 0.1) is 17.1 Å². The van der Waals surface area contributed by atoms with Gasteiger partial charge in [-0.3, -0.25) is 0 Å². The number of benzene rings is 2. The lowest BCUT2D eigenvalue weighted by Crippen LogP contribution is -2.36. The summed E-state index contributed by atoms with van der Waals surface area (Å²) in [4.78, 5) is 4.19. The summed E-state index contributed by atoms with van der Waals surface area (Å²) < 4.78 is 14.1. The summed E-state index contributed by atoms with van der Waals surface area (Å²) in [5.74, 6) is -0.278. The highest BCUT2D eigenvalue weighted by Crippen LogP contribution is 2.37. The van der Waals surface area contributed by atoms with Gasteiger partial charge in [0, 0.05) is 25.8 Å². The molecule has 0 saturated carbocycles. The van der Waals surface area contributed by atoms with Crippen molar-refractivity contribution < 1.29 is 4.39 Å². The lowest BCUT2D eigenvalue weighted by atomic mass is 10.1. The molecule has 98 valence electrons. The predicted molar refractivity (Wildman–Crippen MR) is 77.5 cm³/mol. The molecule has 0 spiro atoms. The lowest BCUT2D eigenvalue weighted by molar-refractivity contribution is 0.624. The number of rotatable bonds is 1. The van der Waals surface area contributed by atoms with Crippen LogP contribution in [0.3, 0.4) is 0 Å². The van der Waals surface area contributed by atoms with E-state index in [-0.39, 0.29) is 5.82 Å². The van der Waals surface area contributed by atoms with Crippen LogP contribution in [-0.2, 0) is 0 Å². The first-order chi connectivity index (χ1) is 9.16. The van der Waals surface area contributed by atoms with Crippen LogP contribution in [0.2, 0.25) is 0 Å². The maximum absolute atomic E-state index is 14.1. The van der Waals surface area contributed by atoms with Crippen LogP contribution in [0.5, 0.6) is 0 Å². The van der Waals surface area contributed by atoms with Gasteiger partial charge in [-0.1, -0.05) is 12.1 Å². The molecule has 0 aliphatic carbocycles. The molecule has 0 atom stereocenters. The Balaban J connectivity index is 2.09. The Hall–Kier alpha value is -2.23. The fraction of sp³-hybridized carbons (Fsp3) is 0.200. The first-order valence-electron chi connectivity index (χ1n) is 6.29. The second kappa shape index (κ2) is 4.46. The van der Waals surface area contributed by atoms with Crippen molar-refractivity contribution in [3.8, 4) is 0 Å². The number of nitrogens with two attached hydrogens (primary N) is 1. The fourth-order valence-electron chi connectivity index (χ4n) is 2.50. The highest BCUT2D eigenvalue weighted by atomic mass is 19.1. The van der Waals surface area contributed by atoms with Crippen LogP contribution < -0.4 is 15.5 Å². The molecule has 1 aliphatic rings. The predicted octanol–water partition coefficient (Wildman–Crippen LogP) is 3.00. The SMILES string of the molecule is CN1CCN(c2ccc(N)cc2F)c2ccccc21. The Labute approximate surface area is 112 Å². The molecule has 0 fully saturated rings. The van der Waals surface area contributed by atoms with Crippen LogP contribution in [0.25, 0.3) is 0 Å². The maximum Gasteiger partial charge on any atom is 0.148 e. The fourth-order valence-corrected chi connectivity index (χ4v) is 2.50. The van der Waals surface area contributed by atoms with Crippen molar-refractivity contribution in [1.29, 1.82) is 0 Å². The molecule has 0 unspecified atom stereocenters. The molecule has 0 amide bonds. The average Bonchev–Trinajstić information content (AvgIpc) is 2.41. The third-order valence-corrected chi connectivity index (χ3v) is 3.51. The number of anilines is 4. The lowest BCUT2D eigenvalue weighted by Gasteiger charge is -2.37. The maximum atomic E-state index is 14.1. The molecule has 0 bridgehead atoms. The van der Waals surface area contributed by atoms with Crippen LogP contribution in [0.1, 0.15) is 0 Å². The number of para-hydroxylation sites is 2. The summed E-state index contributed by atoms with van der Waals surface area (Å²) in [6.07, 6.45) is 0. The molecule has 1 heterocycles. The van der Waals surface area contributed by atoms with Crippen molar-refractivity contribution in [1.82, 2.24) is 0 Å². The molecule has 2 aromatic rings. The second-order valence-corrected chi connectivity index (χ2v) is 4.77. The largest absolute Gasteiger partial charge is 0.399 e. The van der Waals surface area contributed by atoms with Gasteiger partial charge in [0.2, 0.25) is 0 Å². The highest BCUT2D eigenvalue weighted by Gasteiger charge is 2.22. The van der Waals surface area contributed by atoms with Crippen LogP contribution >= 0.6 is 0 Å². The zero-order valence-corrected chi connectivity index (χ0v) is 10.8. The van der Waals surface area contributed by atoms with Crippen LogP contribution in [0, 0.1) is 5.82 Å². The van der Waals surface area contributed by atoms with E-state index in [1.165, 1.54) is 6.07 Å². The second-order valence-electron chi connectivity index (χ2n) is 4.77. The Morgan fingerprint density at radius 1 is 1.00 bits per heavy atom. The van der Waals surface area contributed by atoms with Crippen LogP contribution in [0.4, 0.5) is 27.1 Å². The van der Waals surface area contributed by atoms with Crippen molar-refractivity contribution in [3.63, 3.8) is 0 Å². The van der Waals surface area contributed by atoms with Gasteiger partial charge in [-0.15, -0.1) is 0 Å². The minimum atomic E-state index is -0.278. The monoisotopic (exact) mass is 257 g/mol. The molecule has 19 heavy (non-hydrogen) atoms. The number of hydrogen-bond acceptors (Lipinski definition) is 3. The van der Waals surface area contributed by atoms with E-state index in [1.54, 1.807) is 12.1 Å². The van der Waals surface area contributed by atoms with E-state index in [0.29, 0.717) is 11.4 Å². The van der Waals surface area contributed by atoms with E-state index in [9.17, 15) is 4.39 Å². The third-order valence-electron chi connectivity index (χ3n) is 3.51. The van der Waals surface area contributed by atoms with Crippen molar-refractivity contribution in [3.05, 3.63) is 48.3 Å². The molecular formula is C15H16FN3. The van der Waals surface area contributed by atoms with Gasteiger partial charge in [0.25, 0.3) is 0 Å². The number of fused-ring (bicyclic) bond motifs is 1. The van der Waals surface area contributed by atoms with E-state index in [0.717, 1.165) is 24.5 Å². The van der Waals surface area contributed by atoms with Crippen molar-refractivity contribution in [2.24, 2.45) is 0 Å². The van der Waals surface area contributed by atoms with E-state index in [2.05, 4.69) is 18.0 Å². The van der Waals surface area contributed by atoms with Crippen LogP contribution in [-0.4, -0.2) is 20.1 Å². The van der Waals surface area contributed by atoms with Crippen molar-refractivity contribution >= 4 is 22.7 Å². The molecule has 4 heteroatoms. The summed E-state index contributed by atoms with van der Waals surface area (Å²) in [5.41, 5.74) is 8.78. The van der Waals surface area contributed by atoms with Gasteiger partial charge in [0.15, 0.2) is 0 Å². The molecule has 0 radical (unpaired) electrons. The minimum Gasteiger partial charge on any atom is -0.399 e. The Morgan fingerprint density at radius 3 is 2.47 bits per heavy atom. The summed E-state index contributed by atoms with van der Waals surface area (Å²) in [5, 5.41) is 0. The number of nitrogens with zero attached hydrogens (tertiary/aromatic N) is 2. The molecule has 0 aromatic heterocycles. The summed E-state index contributed by atoms with van der Waals surface area (Å²) >= 11 is 0.